The van der Waals surface area contributed by atoms with E-state index in [1.807, 2.05) is 4.90 Å². The molecule has 0 saturated carbocycles. The van der Waals surface area contributed by atoms with E-state index >= 15 is 0 Å². The highest BCUT2D eigenvalue weighted by Crippen LogP contribution is 2.31. The van der Waals surface area contributed by atoms with Crippen molar-refractivity contribution in [3.8, 4) is 0 Å². The highest BCUT2D eigenvalue weighted by atomic mass is 16.6. The molecular weight excluding hydrogens is 250 g/mol. The van der Waals surface area contributed by atoms with Gasteiger partial charge < -0.3 is 10.0 Å². The van der Waals surface area contributed by atoms with Crippen LogP contribution in [-0.2, 0) is 0 Å². The van der Waals surface area contributed by atoms with E-state index in [1.165, 1.54) is 6.20 Å². The molecule has 1 aromatic rings. The van der Waals surface area contributed by atoms with Gasteiger partial charge in [0.2, 0.25) is 5.82 Å². The number of carboxylic acids is 1. The lowest BCUT2D eigenvalue weighted by molar-refractivity contribution is -0.384. The van der Waals surface area contributed by atoms with E-state index < -0.39 is 10.9 Å². The van der Waals surface area contributed by atoms with Crippen LogP contribution < -0.4 is 4.90 Å². The minimum Gasteiger partial charge on any atom is -0.478 e. The van der Waals surface area contributed by atoms with E-state index in [9.17, 15) is 14.9 Å². The molecule has 0 amide bonds. The van der Waals surface area contributed by atoms with Crippen molar-refractivity contribution < 1.29 is 14.8 Å². The molecule has 1 aliphatic rings. The molecule has 7 nitrogen and oxygen atoms in total. The number of hydrogen-bond donors (Lipinski definition) is 1. The molecule has 1 aromatic heterocycles. The van der Waals surface area contributed by atoms with Gasteiger partial charge in [-0.25, -0.2) is 9.78 Å². The summed E-state index contributed by atoms with van der Waals surface area (Å²) in [4.78, 5) is 27.1. The molecule has 1 aliphatic heterocycles. The summed E-state index contributed by atoms with van der Waals surface area (Å²) in [6, 6.07) is 1.07. The number of aromatic carboxylic acids is 1. The van der Waals surface area contributed by atoms with Gasteiger partial charge in [-0.15, -0.1) is 0 Å². The van der Waals surface area contributed by atoms with Crippen LogP contribution in [0, 0.1) is 16.0 Å². The first-order chi connectivity index (χ1) is 9.02. The molecule has 1 saturated heterocycles. The van der Waals surface area contributed by atoms with E-state index in [4.69, 9.17) is 5.11 Å². The summed E-state index contributed by atoms with van der Waals surface area (Å²) in [5.41, 5.74) is -0.404. The smallest absolute Gasteiger partial charge is 0.337 e. The van der Waals surface area contributed by atoms with Crippen molar-refractivity contribution in [2.24, 2.45) is 5.92 Å². The SMILES string of the molecule is CCC1CCN(c2ncc(C(=O)O)cc2[N+](=O)[O-])C1. The van der Waals surface area contributed by atoms with Crippen LogP contribution in [0.1, 0.15) is 30.1 Å². The van der Waals surface area contributed by atoms with E-state index in [2.05, 4.69) is 11.9 Å². The summed E-state index contributed by atoms with van der Waals surface area (Å²) in [7, 11) is 0. The van der Waals surface area contributed by atoms with E-state index in [0.717, 1.165) is 32.0 Å². The second-order valence-electron chi connectivity index (χ2n) is 4.64. The Morgan fingerprint density at radius 3 is 2.95 bits per heavy atom. The minimum atomic E-state index is -1.21. The monoisotopic (exact) mass is 265 g/mol. The number of pyridine rings is 1. The third kappa shape index (κ3) is 2.64. The summed E-state index contributed by atoms with van der Waals surface area (Å²) in [6.45, 7) is 3.54. The Labute approximate surface area is 110 Å². The lowest BCUT2D eigenvalue weighted by Crippen LogP contribution is -2.22. The minimum absolute atomic E-state index is 0.165. The second-order valence-corrected chi connectivity index (χ2v) is 4.64. The standard InChI is InChI=1S/C12H15N3O4/c1-2-8-3-4-14(7-8)11-10(15(18)19)5-9(6-13-11)12(16)17/h5-6,8H,2-4,7H2,1H3,(H,16,17). The van der Waals surface area contributed by atoms with Gasteiger partial charge >= 0.3 is 11.7 Å². The Morgan fingerprint density at radius 2 is 2.42 bits per heavy atom. The van der Waals surface area contributed by atoms with Crippen LogP contribution in [0.3, 0.4) is 0 Å². The molecule has 1 unspecified atom stereocenters. The van der Waals surface area contributed by atoms with Gasteiger partial charge in [-0.05, 0) is 12.3 Å². The lowest BCUT2D eigenvalue weighted by Gasteiger charge is -2.17. The number of carbonyl (C=O) groups is 1. The van der Waals surface area contributed by atoms with Gasteiger partial charge in [-0.2, -0.15) is 0 Å². The van der Waals surface area contributed by atoms with Gasteiger partial charge in [-0.3, -0.25) is 10.1 Å². The Balaban J connectivity index is 2.35. The predicted octanol–water partition coefficient (Wildman–Crippen LogP) is 1.92. The first-order valence-corrected chi connectivity index (χ1v) is 6.15. The fraction of sp³-hybridized carbons (Fsp3) is 0.500. The number of hydrogen-bond acceptors (Lipinski definition) is 5. The van der Waals surface area contributed by atoms with Crippen molar-refractivity contribution in [1.82, 2.24) is 4.98 Å². The van der Waals surface area contributed by atoms with Gasteiger partial charge in [0.05, 0.1) is 10.5 Å². The van der Waals surface area contributed by atoms with Gasteiger partial charge in [0, 0.05) is 25.4 Å². The van der Waals surface area contributed by atoms with Crippen molar-refractivity contribution in [1.29, 1.82) is 0 Å². The molecular formula is C12H15N3O4. The van der Waals surface area contributed by atoms with Crippen molar-refractivity contribution in [3.63, 3.8) is 0 Å². The van der Waals surface area contributed by atoms with Crippen molar-refractivity contribution in [2.45, 2.75) is 19.8 Å². The first kappa shape index (κ1) is 13.3. The molecule has 2 rings (SSSR count). The summed E-state index contributed by atoms with van der Waals surface area (Å²) < 4.78 is 0. The molecule has 0 radical (unpaired) electrons. The van der Waals surface area contributed by atoms with Crippen LogP contribution in [0.25, 0.3) is 0 Å². The summed E-state index contributed by atoms with van der Waals surface area (Å²) in [6.07, 6.45) is 3.18. The van der Waals surface area contributed by atoms with E-state index in [-0.39, 0.29) is 17.1 Å². The molecule has 2 heterocycles. The Bertz CT molecular complexity index is 518. The lowest BCUT2D eigenvalue weighted by atomic mass is 10.1. The average molecular weight is 265 g/mol. The number of nitro groups is 1. The van der Waals surface area contributed by atoms with Gasteiger partial charge in [0.1, 0.15) is 0 Å². The van der Waals surface area contributed by atoms with E-state index in [0.29, 0.717) is 5.92 Å². The topological polar surface area (TPSA) is 96.6 Å². The number of nitrogens with zero attached hydrogens (tertiary/aromatic N) is 3. The first-order valence-electron chi connectivity index (χ1n) is 6.15. The van der Waals surface area contributed by atoms with Crippen molar-refractivity contribution in [3.05, 3.63) is 27.9 Å². The van der Waals surface area contributed by atoms with Crippen LogP contribution in [-0.4, -0.2) is 34.1 Å². The van der Waals surface area contributed by atoms with Crippen LogP contribution in [0.4, 0.5) is 11.5 Å². The Morgan fingerprint density at radius 1 is 1.68 bits per heavy atom. The quantitative estimate of drug-likeness (QED) is 0.660. The maximum atomic E-state index is 11.1. The number of carboxylic acid groups (broad SMARTS) is 1. The highest BCUT2D eigenvalue weighted by Gasteiger charge is 2.28. The summed E-state index contributed by atoms with van der Waals surface area (Å²) >= 11 is 0. The normalized spacial score (nSPS) is 18.6. The Hall–Kier alpha value is -2.18. The zero-order valence-corrected chi connectivity index (χ0v) is 10.6. The average Bonchev–Trinajstić information content (AvgIpc) is 2.86. The highest BCUT2D eigenvalue weighted by molar-refractivity contribution is 5.88. The molecule has 0 aliphatic carbocycles. The maximum Gasteiger partial charge on any atom is 0.337 e. The Kier molecular flexibility index (Phi) is 3.64. The van der Waals surface area contributed by atoms with Crippen LogP contribution in [0.2, 0.25) is 0 Å². The van der Waals surface area contributed by atoms with Crippen molar-refractivity contribution >= 4 is 17.5 Å². The molecule has 0 bridgehead atoms. The molecule has 0 aromatic carbocycles. The van der Waals surface area contributed by atoms with Crippen LogP contribution in [0.15, 0.2) is 12.3 Å². The van der Waals surface area contributed by atoms with Crippen LogP contribution >= 0.6 is 0 Å². The van der Waals surface area contributed by atoms with Gasteiger partial charge in [0.25, 0.3) is 0 Å². The predicted molar refractivity (Wildman–Crippen MR) is 68.5 cm³/mol. The summed E-state index contributed by atoms with van der Waals surface area (Å²) in [5, 5.41) is 19.9. The molecule has 1 fully saturated rings. The second kappa shape index (κ2) is 5.21. The molecule has 1 atom stereocenters. The molecule has 0 spiro atoms. The maximum absolute atomic E-state index is 11.1. The number of anilines is 1. The third-order valence-corrected chi connectivity index (χ3v) is 3.45. The van der Waals surface area contributed by atoms with E-state index in [1.54, 1.807) is 0 Å². The van der Waals surface area contributed by atoms with Crippen LogP contribution in [0.5, 0.6) is 0 Å². The summed E-state index contributed by atoms with van der Waals surface area (Å²) in [5.74, 6) is -0.429. The van der Waals surface area contributed by atoms with Gasteiger partial charge in [-0.1, -0.05) is 13.3 Å². The fourth-order valence-corrected chi connectivity index (χ4v) is 2.30. The number of aromatic nitrogens is 1. The third-order valence-electron chi connectivity index (χ3n) is 3.45. The van der Waals surface area contributed by atoms with Gasteiger partial charge in [0.15, 0.2) is 0 Å². The zero-order valence-electron chi connectivity index (χ0n) is 10.6. The molecule has 1 N–H and O–H groups in total. The number of rotatable bonds is 4. The molecule has 19 heavy (non-hydrogen) atoms. The fourth-order valence-electron chi connectivity index (χ4n) is 2.30. The molecule has 102 valence electrons. The zero-order chi connectivity index (χ0) is 14.0. The molecule has 7 heteroatoms. The largest absolute Gasteiger partial charge is 0.478 e. The van der Waals surface area contributed by atoms with Crippen molar-refractivity contribution in [2.75, 3.05) is 18.0 Å².